The summed E-state index contributed by atoms with van der Waals surface area (Å²) in [7, 11) is 2.11. The van der Waals surface area contributed by atoms with Gasteiger partial charge in [0.15, 0.2) is 0 Å². The largest absolute Gasteiger partial charge is 0.478 e. The fourth-order valence-corrected chi connectivity index (χ4v) is 2.46. The van der Waals surface area contributed by atoms with Crippen LogP contribution >= 0.6 is 0 Å². The van der Waals surface area contributed by atoms with Crippen LogP contribution in [0.4, 0.5) is 5.69 Å². The fourth-order valence-electron chi connectivity index (χ4n) is 2.46. The summed E-state index contributed by atoms with van der Waals surface area (Å²) >= 11 is 0. The van der Waals surface area contributed by atoms with E-state index in [4.69, 9.17) is 5.11 Å². The Hall–Kier alpha value is -2.33. The molecule has 0 unspecified atom stereocenters. The molecule has 0 spiro atoms. The number of carboxylic acids is 1. The summed E-state index contributed by atoms with van der Waals surface area (Å²) in [5.41, 5.74) is 2.59. The highest BCUT2D eigenvalue weighted by Gasteiger charge is 2.03. The van der Waals surface area contributed by atoms with Crippen LogP contribution in [0.5, 0.6) is 0 Å². The first-order valence-electron chi connectivity index (χ1n) is 7.96. The van der Waals surface area contributed by atoms with Gasteiger partial charge in [-0.1, -0.05) is 30.3 Å². The Morgan fingerprint density at radius 3 is 2.61 bits per heavy atom. The van der Waals surface area contributed by atoms with Crippen molar-refractivity contribution in [1.29, 1.82) is 0 Å². The molecule has 4 nitrogen and oxygen atoms in total. The van der Waals surface area contributed by atoms with Crippen molar-refractivity contribution in [2.75, 3.05) is 25.0 Å². The highest BCUT2D eigenvalue weighted by atomic mass is 16.4. The molecule has 122 valence electrons. The van der Waals surface area contributed by atoms with Gasteiger partial charge in [-0.25, -0.2) is 4.79 Å². The molecule has 0 saturated carbocycles. The van der Waals surface area contributed by atoms with Crippen molar-refractivity contribution < 1.29 is 9.90 Å². The molecule has 4 heteroatoms. The van der Waals surface area contributed by atoms with Crippen molar-refractivity contribution in [3.8, 4) is 0 Å². The minimum atomic E-state index is -0.879. The van der Waals surface area contributed by atoms with Crippen LogP contribution in [-0.2, 0) is 6.54 Å². The third kappa shape index (κ3) is 5.75. The fraction of sp³-hybridized carbons (Fsp3) is 0.316. The molecule has 0 amide bonds. The first kappa shape index (κ1) is 17.0. The van der Waals surface area contributed by atoms with Crippen molar-refractivity contribution in [2.45, 2.75) is 19.4 Å². The Morgan fingerprint density at radius 1 is 1.09 bits per heavy atom. The first-order valence-corrected chi connectivity index (χ1v) is 7.96. The lowest BCUT2D eigenvalue weighted by Gasteiger charge is -2.19. The summed E-state index contributed by atoms with van der Waals surface area (Å²) in [5, 5.41) is 12.3. The van der Waals surface area contributed by atoms with Gasteiger partial charge in [-0.3, -0.25) is 0 Å². The van der Waals surface area contributed by atoms with E-state index >= 15 is 0 Å². The summed E-state index contributed by atoms with van der Waals surface area (Å²) in [5.74, 6) is -0.879. The van der Waals surface area contributed by atoms with Gasteiger partial charge in [0.25, 0.3) is 0 Å². The predicted molar refractivity (Wildman–Crippen MR) is 94.1 cm³/mol. The molecule has 0 bridgehead atoms. The van der Waals surface area contributed by atoms with Crippen LogP contribution in [0.3, 0.4) is 0 Å². The van der Waals surface area contributed by atoms with Crippen LogP contribution in [0.1, 0.15) is 28.8 Å². The van der Waals surface area contributed by atoms with Gasteiger partial charge in [0.1, 0.15) is 0 Å². The van der Waals surface area contributed by atoms with Crippen molar-refractivity contribution >= 4 is 11.7 Å². The maximum absolute atomic E-state index is 10.9. The molecule has 0 aliphatic carbocycles. The zero-order chi connectivity index (χ0) is 16.5. The Labute approximate surface area is 137 Å². The molecule has 0 aliphatic heterocycles. The maximum Gasteiger partial charge on any atom is 0.335 e. The first-order chi connectivity index (χ1) is 11.2. The number of anilines is 1. The molecule has 0 fully saturated rings. The number of unbranched alkanes of at least 4 members (excludes halogenated alkanes) is 1. The van der Waals surface area contributed by atoms with E-state index in [1.165, 1.54) is 5.69 Å². The number of rotatable bonds is 9. The van der Waals surface area contributed by atoms with Crippen LogP contribution in [0, 0.1) is 0 Å². The Morgan fingerprint density at radius 2 is 1.87 bits per heavy atom. The predicted octanol–water partition coefficient (Wildman–Crippen LogP) is 3.39. The Bertz CT molecular complexity index is 614. The van der Waals surface area contributed by atoms with Crippen molar-refractivity contribution in [2.24, 2.45) is 0 Å². The Balaban J connectivity index is 1.63. The molecule has 0 heterocycles. The average Bonchev–Trinajstić information content (AvgIpc) is 2.58. The van der Waals surface area contributed by atoms with Gasteiger partial charge in [0.05, 0.1) is 5.56 Å². The number of carboxylic acid groups (broad SMARTS) is 1. The van der Waals surface area contributed by atoms with Crippen molar-refractivity contribution in [3.05, 3.63) is 65.7 Å². The van der Waals surface area contributed by atoms with E-state index in [-0.39, 0.29) is 0 Å². The molecule has 2 aromatic carbocycles. The number of nitrogens with one attached hydrogen (secondary N) is 1. The minimum Gasteiger partial charge on any atom is -0.478 e. The number of benzene rings is 2. The van der Waals surface area contributed by atoms with E-state index in [2.05, 4.69) is 41.5 Å². The van der Waals surface area contributed by atoms with Gasteiger partial charge in [0.2, 0.25) is 0 Å². The van der Waals surface area contributed by atoms with Crippen LogP contribution in [-0.4, -0.2) is 31.2 Å². The van der Waals surface area contributed by atoms with Gasteiger partial charge in [-0.05, 0) is 49.2 Å². The van der Waals surface area contributed by atoms with E-state index in [9.17, 15) is 4.79 Å². The quantitative estimate of drug-likeness (QED) is 0.697. The van der Waals surface area contributed by atoms with Crippen LogP contribution < -0.4 is 10.2 Å². The van der Waals surface area contributed by atoms with Crippen LogP contribution in [0.25, 0.3) is 0 Å². The molecule has 0 atom stereocenters. The molecule has 0 aromatic heterocycles. The third-order valence-corrected chi connectivity index (χ3v) is 3.80. The Kier molecular flexibility index (Phi) is 6.63. The van der Waals surface area contributed by atoms with Gasteiger partial charge in [0, 0.05) is 25.8 Å². The molecular formula is C19H24N2O2. The van der Waals surface area contributed by atoms with Crippen LogP contribution in [0.15, 0.2) is 54.6 Å². The third-order valence-electron chi connectivity index (χ3n) is 3.80. The lowest BCUT2D eigenvalue weighted by atomic mass is 10.1. The normalized spacial score (nSPS) is 10.5. The van der Waals surface area contributed by atoms with Gasteiger partial charge in [-0.2, -0.15) is 0 Å². The van der Waals surface area contributed by atoms with E-state index in [0.29, 0.717) is 12.1 Å². The molecule has 2 aromatic rings. The SMILES string of the molecule is CN(CCCCNCc1cccc(C(=O)O)c1)c1ccccc1. The summed E-state index contributed by atoms with van der Waals surface area (Å²) in [6.07, 6.45) is 2.21. The number of carbonyl (C=O) groups is 1. The van der Waals surface area contributed by atoms with Crippen molar-refractivity contribution in [3.63, 3.8) is 0 Å². The molecule has 0 saturated heterocycles. The molecule has 2 rings (SSSR count). The lowest BCUT2D eigenvalue weighted by molar-refractivity contribution is 0.0696. The van der Waals surface area contributed by atoms with Gasteiger partial charge in [-0.15, -0.1) is 0 Å². The van der Waals surface area contributed by atoms with Crippen LogP contribution in [0.2, 0.25) is 0 Å². The minimum absolute atomic E-state index is 0.341. The highest BCUT2D eigenvalue weighted by molar-refractivity contribution is 5.87. The number of para-hydroxylation sites is 1. The standard InChI is InChI=1S/C19H24N2O2/c1-21(18-10-3-2-4-11-18)13-6-5-12-20-15-16-8-7-9-17(14-16)19(22)23/h2-4,7-11,14,20H,5-6,12-13,15H2,1H3,(H,22,23). The van der Waals surface area contributed by atoms with E-state index in [1.807, 2.05) is 12.1 Å². The number of hydrogen-bond donors (Lipinski definition) is 2. The monoisotopic (exact) mass is 312 g/mol. The van der Waals surface area contributed by atoms with Gasteiger partial charge < -0.3 is 15.3 Å². The van der Waals surface area contributed by atoms with Gasteiger partial charge >= 0.3 is 5.97 Å². The maximum atomic E-state index is 10.9. The zero-order valence-electron chi connectivity index (χ0n) is 13.5. The van der Waals surface area contributed by atoms with E-state index in [1.54, 1.807) is 18.2 Å². The zero-order valence-corrected chi connectivity index (χ0v) is 13.5. The number of aromatic carboxylic acids is 1. The molecule has 0 radical (unpaired) electrons. The summed E-state index contributed by atoms with van der Waals surface area (Å²) < 4.78 is 0. The molecule has 23 heavy (non-hydrogen) atoms. The number of hydrogen-bond acceptors (Lipinski definition) is 3. The lowest BCUT2D eigenvalue weighted by Crippen LogP contribution is -2.20. The molecular weight excluding hydrogens is 288 g/mol. The second-order valence-corrected chi connectivity index (χ2v) is 5.65. The summed E-state index contributed by atoms with van der Waals surface area (Å²) in [4.78, 5) is 13.2. The second-order valence-electron chi connectivity index (χ2n) is 5.65. The smallest absolute Gasteiger partial charge is 0.335 e. The average molecular weight is 312 g/mol. The number of nitrogens with zero attached hydrogens (tertiary/aromatic N) is 1. The summed E-state index contributed by atoms with van der Waals surface area (Å²) in [6.45, 7) is 2.66. The van der Waals surface area contributed by atoms with Crippen molar-refractivity contribution in [1.82, 2.24) is 5.32 Å². The topological polar surface area (TPSA) is 52.6 Å². The van der Waals surface area contributed by atoms with E-state index < -0.39 is 5.97 Å². The molecule has 0 aliphatic rings. The summed E-state index contributed by atoms with van der Waals surface area (Å²) in [6, 6.07) is 17.4. The second kappa shape index (κ2) is 8.96. The molecule has 2 N–H and O–H groups in total. The van der Waals surface area contributed by atoms with E-state index in [0.717, 1.165) is 31.5 Å². The highest BCUT2D eigenvalue weighted by Crippen LogP contribution is 2.11.